The predicted octanol–water partition coefficient (Wildman–Crippen LogP) is 2.10. The molecule has 0 spiro atoms. The number of phenolic OH excluding ortho intramolecular Hbond substituents is 1. The third kappa shape index (κ3) is 4.97. The number of nitrogens with zero attached hydrogens (tertiary/aromatic N) is 2. The number of aliphatic hydroxyl groups is 3. The lowest BCUT2D eigenvalue weighted by Gasteiger charge is -2.53. The van der Waals surface area contributed by atoms with Gasteiger partial charge in [-0.3, -0.25) is 14.4 Å². The highest BCUT2D eigenvalue weighted by Gasteiger charge is 2.67. The first-order valence-corrected chi connectivity index (χ1v) is 15.2. The molecule has 3 aliphatic rings. The van der Waals surface area contributed by atoms with Crippen LogP contribution in [0.15, 0.2) is 35.9 Å². The minimum Gasteiger partial charge on any atom is -0.507 e. The molecule has 0 bridgehead atoms. The summed E-state index contributed by atoms with van der Waals surface area (Å²) in [5.41, 5.74) is 6.37. The number of aromatic hydroxyl groups is 1. The van der Waals surface area contributed by atoms with Gasteiger partial charge in [0.1, 0.15) is 17.4 Å². The van der Waals surface area contributed by atoms with E-state index in [9.17, 15) is 34.8 Å². The second kappa shape index (κ2) is 11.1. The minimum absolute atomic E-state index is 0.0494. The van der Waals surface area contributed by atoms with Gasteiger partial charge in [-0.2, -0.15) is 0 Å². The average molecular weight is 621 g/mol. The van der Waals surface area contributed by atoms with Crippen molar-refractivity contribution in [2.75, 3.05) is 38.4 Å². The number of ketones is 2. The predicted molar refractivity (Wildman–Crippen MR) is 171 cm³/mol. The number of rotatable bonds is 6. The van der Waals surface area contributed by atoms with Crippen LogP contribution < -0.4 is 16.0 Å². The summed E-state index contributed by atoms with van der Waals surface area (Å²) in [5, 5.41) is 49.6. The summed E-state index contributed by atoms with van der Waals surface area (Å²) in [7, 11) is 6.94. The van der Waals surface area contributed by atoms with Gasteiger partial charge in [0.25, 0.3) is 0 Å². The van der Waals surface area contributed by atoms with E-state index >= 15 is 0 Å². The maximum atomic E-state index is 14.2. The van der Waals surface area contributed by atoms with Crippen LogP contribution in [0.3, 0.4) is 0 Å². The number of benzene rings is 2. The van der Waals surface area contributed by atoms with Crippen molar-refractivity contribution in [2.24, 2.45) is 23.5 Å². The number of hydrogen-bond acceptors (Lipinski definition) is 10. The molecular weight excluding hydrogens is 576 g/mol. The van der Waals surface area contributed by atoms with Gasteiger partial charge in [-0.15, -0.1) is 0 Å². The second-order valence-electron chi connectivity index (χ2n) is 14.1. The summed E-state index contributed by atoms with van der Waals surface area (Å²) in [6.07, 6.45) is -1.24. The molecule has 3 aliphatic carbocycles. The van der Waals surface area contributed by atoms with Crippen LogP contribution in [0.5, 0.6) is 5.75 Å². The number of carbonyl (C=O) groups is 3. The molecule has 0 heterocycles. The van der Waals surface area contributed by atoms with E-state index in [1.807, 2.05) is 37.2 Å². The third-order valence-electron chi connectivity index (χ3n) is 9.84. The van der Waals surface area contributed by atoms with Gasteiger partial charge in [-0.1, -0.05) is 45.0 Å². The second-order valence-corrected chi connectivity index (χ2v) is 14.1. The maximum absolute atomic E-state index is 14.2. The molecule has 2 unspecified atom stereocenters. The third-order valence-corrected chi connectivity index (χ3v) is 9.84. The van der Waals surface area contributed by atoms with Gasteiger partial charge in [0.2, 0.25) is 11.7 Å². The lowest BCUT2D eigenvalue weighted by atomic mass is 9.54. The van der Waals surface area contributed by atoms with E-state index in [0.717, 1.165) is 11.1 Å². The first kappa shape index (κ1) is 32.5. The van der Waals surface area contributed by atoms with Crippen molar-refractivity contribution in [1.82, 2.24) is 4.90 Å². The number of likely N-dealkylation sites (N-methyl/N-ethyl adjacent to an activating group) is 1. The molecule has 242 valence electrons. The average Bonchev–Trinajstić information content (AvgIpc) is 2.93. The quantitative estimate of drug-likeness (QED) is 0.207. The van der Waals surface area contributed by atoms with Gasteiger partial charge in [0.05, 0.1) is 17.4 Å². The number of primary amides is 1. The first-order valence-electron chi connectivity index (χ1n) is 15.2. The number of phenols is 1. The normalized spacial score (nSPS) is 28.0. The lowest BCUT2D eigenvalue weighted by molar-refractivity contribution is -0.184. The summed E-state index contributed by atoms with van der Waals surface area (Å²) in [4.78, 5) is 43.5. The van der Waals surface area contributed by atoms with Gasteiger partial charge in [0, 0.05) is 43.9 Å². The zero-order valence-electron chi connectivity index (χ0n) is 26.9. The van der Waals surface area contributed by atoms with E-state index < -0.39 is 58.7 Å². The molecule has 7 N–H and O–H groups in total. The van der Waals surface area contributed by atoms with E-state index in [1.54, 1.807) is 25.1 Å². The Morgan fingerprint density at radius 3 is 2.33 bits per heavy atom. The molecule has 5 rings (SSSR count). The van der Waals surface area contributed by atoms with Gasteiger partial charge < -0.3 is 41.3 Å². The summed E-state index contributed by atoms with van der Waals surface area (Å²) in [6.45, 7) is 6.74. The Kier molecular flexibility index (Phi) is 8.04. The van der Waals surface area contributed by atoms with Crippen LogP contribution in [0.2, 0.25) is 0 Å². The molecule has 0 aromatic heterocycles. The molecule has 2 fully saturated rings. The molecule has 11 heteroatoms. The summed E-state index contributed by atoms with van der Waals surface area (Å²) < 4.78 is 0. The summed E-state index contributed by atoms with van der Waals surface area (Å²) in [6, 6.07) is 8.87. The highest BCUT2D eigenvalue weighted by molar-refractivity contribution is 6.25. The van der Waals surface area contributed by atoms with E-state index in [2.05, 4.69) is 32.2 Å². The van der Waals surface area contributed by atoms with Crippen LogP contribution in [-0.2, 0) is 32.8 Å². The number of anilines is 2. The van der Waals surface area contributed by atoms with Crippen LogP contribution in [0.4, 0.5) is 11.4 Å². The minimum atomic E-state index is -2.70. The number of Topliss-reactive ketones (excluding diaryl/α,β-unsaturated/α-hetero) is 2. The van der Waals surface area contributed by atoms with E-state index in [1.165, 1.54) is 0 Å². The van der Waals surface area contributed by atoms with Gasteiger partial charge in [-0.05, 0) is 61.0 Å². The van der Waals surface area contributed by atoms with Crippen molar-refractivity contribution in [3.05, 3.63) is 58.2 Å². The van der Waals surface area contributed by atoms with Crippen molar-refractivity contribution < 1.29 is 34.8 Å². The molecule has 11 nitrogen and oxygen atoms in total. The van der Waals surface area contributed by atoms with E-state index in [-0.39, 0.29) is 35.1 Å². The van der Waals surface area contributed by atoms with Crippen molar-refractivity contribution in [1.29, 1.82) is 0 Å². The molecule has 1 amide bonds. The Morgan fingerprint density at radius 1 is 1.11 bits per heavy atom. The Labute approximate surface area is 263 Å². The fourth-order valence-corrected chi connectivity index (χ4v) is 7.78. The van der Waals surface area contributed by atoms with Crippen molar-refractivity contribution >= 4 is 34.6 Å². The fraction of sp³-hybridized carbons (Fsp3) is 0.500. The Hall–Kier alpha value is -3.93. The monoisotopic (exact) mass is 620 g/mol. The first-order chi connectivity index (χ1) is 20.9. The van der Waals surface area contributed by atoms with Crippen LogP contribution in [-0.4, -0.2) is 88.7 Å². The Bertz CT molecular complexity index is 1610. The number of hydrogen-bond donors (Lipinski definition) is 6. The standard InChI is InChI=1S/C34H44N4O7/c1-33(2,3)19-11-9-8-10-16(19)15-36-21-14-22(37(4)5)18-12-17-13-20-26(38(6)7)29(41)25(32(35)44)31(43)34(20,45)30(42)23(17)28(40)24(18)27(21)39/h8-11,14,17,20,25-26,29,36,39-41,45H,12-13,15H2,1-7H3,(H2,35,44)/t17-,20-,25?,26-,29?,34-/m1/s1. The SMILES string of the molecule is CN(C)c1cc(NCc2ccccc2C(C)(C)C)c(O)c2c1C[C@@H]1C[C@@H]3[C@@H](N(C)C)C(O)C(C(N)=O)C(=O)[C@]3(O)C(=O)C1=C2O. The topological polar surface area (TPSA) is 177 Å². The lowest BCUT2D eigenvalue weighted by Crippen LogP contribution is -2.73. The van der Waals surface area contributed by atoms with Crippen LogP contribution in [0.1, 0.15) is 49.4 Å². The van der Waals surface area contributed by atoms with E-state index in [4.69, 9.17) is 5.73 Å². The fourth-order valence-electron chi connectivity index (χ4n) is 7.78. The molecule has 0 radical (unpaired) electrons. The maximum Gasteiger partial charge on any atom is 0.230 e. The van der Waals surface area contributed by atoms with E-state index in [0.29, 0.717) is 23.5 Å². The summed E-state index contributed by atoms with van der Waals surface area (Å²) in [5.74, 6) is -7.64. The van der Waals surface area contributed by atoms with Gasteiger partial charge in [-0.25, -0.2) is 0 Å². The molecule has 45 heavy (non-hydrogen) atoms. The molecular formula is C34H44N4O7. The summed E-state index contributed by atoms with van der Waals surface area (Å²) >= 11 is 0. The van der Waals surface area contributed by atoms with Crippen molar-refractivity contribution in [3.8, 4) is 5.75 Å². The molecule has 6 atom stereocenters. The number of nitrogens with two attached hydrogens (primary N) is 1. The molecule has 0 saturated heterocycles. The molecule has 0 aliphatic heterocycles. The zero-order valence-corrected chi connectivity index (χ0v) is 26.9. The molecule has 2 saturated carbocycles. The van der Waals surface area contributed by atoms with Crippen LogP contribution in [0.25, 0.3) is 5.76 Å². The highest BCUT2D eigenvalue weighted by atomic mass is 16.3. The zero-order chi connectivity index (χ0) is 33.3. The largest absolute Gasteiger partial charge is 0.507 e. The number of carbonyl (C=O) groups excluding carboxylic acids is 3. The smallest absolute Gasteiger partial charge is 0.230 e. The van der Waals surface area contributed by atoms with Gasteiger partial charge >= 0.3 is 0 Å². The Balaban J connectivity index is 1.63. The van der Waals surface area contributed by atoms with Crippen molar-refractivity contribution in [3.63, 3.8) is 0 Å². The number of nitrogens with one attached hydrogen (secondary N) is 1. The van der Waals surface area contributed by atoms with Crippen molar-refractivity contribution in [2.45, 2.75) is 63.3 Å². The number of amides is 1. The molecule has 2 aromatic rings. The number of fused-ring (bicyclic) bond motifs is 3. The van der Waals surface area contributed by atoms with Crippen LogP contribution >= 0.6 is 0 Å². The van der Waals surface area contributed by atoms with Gasteiger partial charge in [0.15, 0.2) is 11.4 Å². The molecule has 2 aromatic carbocycles. The highest BCUT2D eigenvalue weighted by Crippen LogP contribution is 2.54. The van der Waals surface area contributed by atoms with Crippen LogP contribution in [0, 0.1) is 17.8 Å². The Morgan fingerprint density at radius 2 is 1.76 bits per heavy atom. The number of aliphatic hydroxyl groups excluding tert-OH is 2.